The smallest absolute Gasteiger partial charge is 0.315 e. The van der Waals surface area contributed by atoms with Crippen LogP contribution in [0.4, 0.5) is 0 Å². The number of hydrogen-bond donors (Lipinski definition) is 4. The standard InChI is InChI=1S/C14H12O8/c15-10(16)7-8(11(17)18)14(13(21)22,9(7)12(19)20)6-4-2-1-3-5-6/h1-5,7-9H,(H,15,16)(H,17,18)(H,19,20)(H,21,22). The second kappa shape index (κ2) is 5.14. The second-order valence-electron chi connectivity index (χ2n) is 5.04. The van der Waals surface area contributed by atoms with Gasteiger partial charge in [0.15, 0.2) is 0 Å². The average molecular weight is 308 g/mol. The Morgan fingerprint density at radius 1 is 0.773 bits per heavy atom. The van der Waals surface area contributed by atoms with Crippen LogP contribution in [-0.4, -0.2) is 44.3 Å². The van der Waals surface area contributed by atoms with Gasteiger partial charge in [-0.05, 0) is 5.56 Å². The van der Waals surface area contributed by atoms with Crippen LogP contribution in [-0.2, 0) is 24.6 Å². The number of hydrogen-bond acceptors (Lipinski definition) is 4. The van der Waals surface area contributed by atoms with Crippen LogP contribution in [0.15, 0.2) is 30.3 Å². The number of carbonyl (C=O) groups is 4. The van der Waals surface area contributed by atoms with Crippen LogP contribution >= 0.6 is 0 Å². The Morgan fingerprint density at radius 3 is 1.55 bits per heavy atom. The molecule has 8 nitrogen and oxygen atoms in total. The molecule has 0 heterocycles. The minimum atomic E-state index is -2.32. The zero-order chi connectivity index (χ0) is 16.7. The third-order valence-electron chi connectivity index (χ3n) is 4.12. The van der Waals surface area contributed by atoms with Crippen molar-refractivity contribution in [2.75, 3.05) is 0 Å². The summed E-state index contributed by atoms with van der Waals surface area (Å²) in [5.74, 6) is -12.2. The third-order valence-corrected chi connectivity index (χ3v) is 4.12. The van der Waals surface area contributed by atoms with E-state index in [0.717, 1.165) is 0 Å². The van der Waals surface area contributed by atoms with Gasteiger partial charge >= 0.3 is 23.9 Å². The van der Waals surface area contributed by atoms with Gasteiger partial charge < -0.3 is 20.4 Å². The molecule has 0 bridgehead atoms. The van der Waals surface area contributed by atoms with Crippen molar-refractivity contribution in [1.82, 2.24) is 0 Å². The molecule has 0 spiro atoms. The molecule has 1 aliphatic rings. The van der Waals surface area contributed by atoms with Crippen LogP contribution in [0.5, 0.6) is 0 Å². The molecule has 8 heteroatoms. The van der Waals surface area contributed by atoms with E-state index in [0.29, 0.717) is 0 Å². The summed E-state index contributed by atoms with van der Waals surface area (Å²) < 4.78 is 0. The van der Waals surface area contributed by atoms with Crippen LogP contribution < -0.4 is 0 Å². The fraction of sp³-hybridized carbons (Fsp3) is 0.286. The maximum atomic E-state index is 11.8. The summed E-state index contributed by atoms with van der Waals surface area (Å²) in [6.07, 6.45) is 0. The van der Waals surface area contributed by atoms with Crippen LogP contribution in [0.25, 0.3) is 0 Å². The van der Waals surface area contributed by atoms with Crippen molar-refractivity contribution in [3.8, 4) is 0 Å². The minimum Gasteiger partial charge on any atom is -0.481 e. The summed E-state index contributed by atoms with van der Waals surface area (Å²) >= 11 is 0. The first-order valence-corrected chi connectivity index (χ1v) is 6.23. The van der Waals surface area contributed by atoms with Crippen LogP contribution in [0.3, 0.4) is 0 Å². The number of carboxylic acids is 4. The minimum absolute atomic E-state index is 0.0419. The summed E-state index contributed by atoms with van der Waals surface area (Å²) in [5.41, 5.74) is -2.36. The largest absolute Gasteiger partial charge is 0.481 e. The van der Waals surface area contributed by atoms with Gasteiger partial charge in [0.05, 0.1) is 17.8 Å². The van der Waals surface area contributed by atoms with Crippen molar-refractivity contribution in [3.05, 3.63) is 35.9 Å². The molecule has 1 aromatic carbocycles. The Balaban J connectivity index is 2.73. The first-order valence-electron chi connectivity index (χ1n) is 6.23. The van der Waals surface area contributed by atoms with Gasteiger partial charge in [0.25, 0.3) is 0 Å². The fourth-order valence-corrected chi connectivity index (χ4v) is 3.28. The van der Waals surface area contributed by atoms with Crippen molar-refractivity contribution in [3.63, 3.8) is 0 Å². The number of carboxylic acid groups (broad SMARTS) is 4. The molecule has 22 heavy (non-hydrogen) atoms. The number of benzene rings is 1. The molecule has 0 radical (unpaired) electrons. The highest BCUT2D eigenvalue weighted by Gasteiger charge is 2.75. The van der Waals surface area contributed by atoms with E-state index < -0.39 is 47.0 Å². The molecule has 1 fully saturated rings. The van der Waals surface area contributed by atoms with E-state index in [1.807, 2.05) is 0 Å². The van der Waals surface area contributed by atoms with Gasteiger partial charge in [-0.3, -0.25) is 19.2 Å². The lowest BCUT2D eigenvalue weighted by Crippen LogP contribution is -2.70. The topological polar surface area (TPSA) is 149 Å². The van der Waals surface area contributed by atoms with Crippen LogP contribution in [0.2, 0.25) is 0 Å². The molecule has 116 valence electrons. The van der Waals surface area contributed by atoms with Gasteiger partial charge in [-0.2, -0.15) is 0 Å². The molecule has 2 unspecified atom stereocenters. The third kappa shape index (κ3) is 1.84. The summed E-state index contributed by atoms with van der Waals surface area (Å²) in [5, 5.41) is 37.2. The first-order chi connectivity index (χ1) is 10.3. The summed E-state index contributed by atoms with van der Waals surface area (Å²) in [6, 6.07) is 7.01. The Kier molecular flexibility index (Phi) is 3.62. The monoisotopic (exact) mass is 308 g/mol. The van der Waals surface area contributed by atoms with Gasteiger partial charge in [0.2, 0.25) is 0 Å². The maximum absolute atomic E-state index is 11.8. The highest BCUT2D eigenvalue weighted by atomic mass is 16.4. The lowest BCUT2D eigenvalue weighted by molar-refractivity contribution is -0.198. The molecule has 4 N–H and O–H groups in total. The highest BCUT2D eigenvalue weighted by Crippen LogP contribution is 2.58. The van der Waals surface area contributed by atoms with Crippen LogP contribution in [0, 0.1) is 17.8 Å². The van der Waals surface area contributed by atoms with E-state index in [1.54, 1.807) is 6.07 Å². The van der Waals surface area contributed by atoms with Gasteiger partial charge in [-0.1, -0.05) is 30.3 Å². The van der Waals surface area contributed by atoms with Crippen molar-refractivity contribution in [2.45, 2.75) is 5.41 Å². The molecular formula is C14H12O8. The van der Waals surface area contributed by atoms with E-state index in [1.165, 1.54) is 24.3 Å². The van der Waals surface area contributed by atoms with E-state index in [9.17, 15) is 34.5 Å². The van der Waals surface area contributed by atoms with Gasteiger partial charge in [-0.15, -0.1) is 0 Å². The number of rotatable bonds is 5. The predicted molar refractivity (Wildman–Crippen MR) is 69.1 cm³/mol. The van der Waals surface area contributed by atoms with Gasteiger partial charge in [0, 0.05) is 0 Å². The quantitative estimate of drug-likeness (QED) is 0.599. The first kappa shape index (κ1) is 15.5. The average Bonchev–Trinajstić information content (AvgIpc) is 2.37. The summed E-state index contributed by atoms with van der Waals surface area (Å²) in [4.78, 5) is 45.9. The Bertz CT molecular complexity index is 628. The normalized spacial score (nSPS) is 30.1. The van der Waals surface area contributed by atoms with E-state index in [4.69, 9.17) is 5.11 Å². The second-order valence-corrected chi connectivity index (χ2v) is 5.04. The molecule has 1 aliphatic carbocycles. The molecule has 0 saturated heterocycles. The van der Waals surface area contributed by atoms with Crippen LogP contribution in [0.1, 0.15) is 5.56 Å². The van der Waals surface area contributed by atoms with Crippen molar-refractivity contribution < 1.29 is 39.6 Å². The predicted octanol–water partition coefficient (Wildman–Crippen LogP) is 0.125. The molecule has 2 rings (SSSR count). The fourth-order valence-electron chi connectivity index (χ4n) is 3.28. The van der Waals surface area contributed by atoms with Crippen molar-refractivity contribution in [2.24, 2.45) is 17.8 Å². The SMILES string of the molecule is O=C(O)C1C(C(=O)O)C(C(=O)O)(c2ccccc2)C1C(=O)O. The Labute approximate surface area is 123 Å². The van der Waals surface area contributed by atoms with E-state index >= 15 is 0 Å². The van der Waals surface area contributed by atoms with Gasteiger partial charge in [0.1, 0.15) is 5.41 Å². The zero-order valence-electron chi connectivity index (χ0n) is 11.0. The molecule has 0 aliphatic heterocycles. The summed E-state index contributed by atoms with van der Waals surface area (Å²) in [6.45, 7) is 0. The molecular weight excluding hydrogens is 296 g/mol. The lowest BCUT2D eigenvalue weighted by atomic mass is 9.44. The van der Waals surface area contributed by atoms with E-state index in [2.05, 4.69) is 0 Å². The zero-order valence-corrected chi connectivity index (χ0v) is 11.0. The summed E-state index contributed by atoms with van der Waals surface area (Å²) in [7, 11) is 0. The van der Waals surface area contributed by atoms with Crippen molar-refractivity contribution in [1.29, 1.82) is 0 Å². The van der Waals surface area contributed by atoms with Gasteiger partial charge in [-0.25, -0.2) is 0 Å². The molecule has 0 aromatic heterocycles. The van der Waals surface area contributed by atoms with Crippen molar-refractivity contribution >= 4 is 23.9 Å². The molecule has 0 amide bonds. The maximum Gasteiger partial charge on any atom is 0.315 e. The molecule has 1 saturated carbocycles. The molecule has 1 aromatic rings. The molecule has 2 atom stereocenters. The highest BCUT2D eigenvalue weighted by molar-refractivity contribution is 6.02. The van der Waals surface area contributed by atoms with E-state index in [-0.39, 0.29) is 5.56 Å². The number of aliphatic carboxylic acids is 4. The lowest BCUT2D eigenvalue weighted by Gasteiger charge is -2.53. The Hall–Kier alpha value is -2.90. The Morgan fingerprint density at radius 2 is 1.23 bits per heavy atom.